The molecule has 0 spiro atoms. The summed E-state index contributed by atoms with van der Waals surface area (Å²) in [5, 5.41) is 0. The average Bonchev–Trinajstić information content (AvgIpc) is 3.06. The minimum Gasteiger partial charge on any atom is -0.366 e. The molecular formula is C20H18N4O. The maximum atomic E-state index is 11.2. The molecule has 0 unspecified atom stereocenters. The van der Waals surface area contributed by atoms with Crippen molar-refractivity contribution in [3.8, 4) is 5.69 Å². The van der Waals surface area contributed by atoms with E-state index >= 15 is 0 Å². The summed E-state index contributed by atoms with van der Waals surface area (Å²) in [6, 6.07) is 13.2. The van der Waals surface area contributed by atoms with Crippen molar-refractivity contribution in [3.05, 3.63) is 78.6 Å². The predicted molar refractivity (Wildman–Crippen MR) is 102 cm³/mol. The summed E-state index contributed by atoms with van der Waals surface area (Å²) >= 11 is 0. The third-order valence-corrected chi connectivity index (χ3v) is 3.93. The summed E-state index contributed by atoms with van der Waals surface area (Å²) in [7, 11) is 1.73. The highest BCUT2D eigenvalue weighted by atomic mass is 16.1. The summed E-state index contributed by atoms with van der Waals surface area (Å²) in [4.78, 5) is 19.7. The fourth-order valence-electron chi connectivity index (χ4n) is 2.62. The molecule has 0 saturated heterocycles. The van der Waals surface area contributed by atoms with Crippen LogP contribution < -0.4 is 5.73 Å². The molecule has 2 aromatic carbocycles. The molecular weight excluding hydrogens is 312 g/mol. The highest BCUT2D eigenvalue weighted by Gasteiger charge is 2.08. The third-order valence-electron chi connectivity index (χ3n) is 3.93. The van der Waals surface area contributed by atoms with Crippen LogP contribution >= 0.6 is 0 Å². The molecule has 0 fully saturated rings. The predicted octanol–water partition coefficient (Wildman–Crippen LogP) is 3.39. The third kappa shape index (κ3) is 3.26. The lowest BCUT2D eigenvalue weighted by atomic mass is 10.0. The molecule has 3 rings (SSSR count). The summed E-state index contributed by atoms with van der Waals surface area (Å²) < 4.78 is 1.97. The van der Waals surface area contributed by atoms with Crippen LogP contribution in [0.4, 0.5) is 0 Å². The molecule has 1 amide bonds. The number of aromatic nitrogens is 2. The van der Waals surface area contributed by atoms with E-state index < -0.39 is 5.91 Å². The highest BCUT2D eigenvalue weighted by Crippen LogP contribution is 2.24. The van der Waals surface area contributed by atoms with Gasteiger partial charge in [0.2, 0.25) is 5.91 Å². The Morgan fingerprint density at radius 1 is 1.20 bits per heavy atom. The van der Waals surface area contributed by atoms with Gasteiger partial charge in [-0.1, -0.05) is 18.7 Å². The molecule has 0 aliphatic heterocycles. The second kappa shape index (κ2) is 6.97. The molecule has 124 valence electrons. The molecule has 3 aromatic rings. The summed E-state index contributed by atoms with van der Waals surface area (Å²) in [6.45, 7) is 3.87. The van der Waals surface area contributed by atoms with Gasteiger partial charge in [-0.25, -0.2) is 4.98 Å². The first kappa shape index (κ1) is 16.4. The van der Waals surface area contributed by atoms with Crippen LogP contribution in [0.25, 0.3) is 22.3 Å². The standard InChI is InChI=1S/C20H18N4O/c1-3-14(10-11-22-2)16-6-9-18-19(12-16)24(13-23-18)17-7-4-15(5-8-17)20(21)25/h3-13H,1H2,2H3,(H2,21,25)/b14-10+,22-11-. The Labute approximate surface area is 145 Å². The van der Waals surface area contributed by atoms with Crippen LogP contribution in [-0.4, -0.2) is 28.7 Å². The Bertz CT molecular complexity index is 994. The van der Waals surface area contributed by atoms with Gasteiger partial charge in [-0.15, -0.1) is 0 Å². The van der Waals surface area contributed by atoms with E-state index in [9.17, 15) is 4.79 Å². The second-order valence-corrected chi connectivity index (χ2v) is 5.46. The number of allylic oxidation sites excluding steroid dienone is 3. The number of benzene rings is 2. The molecule has 0 bridgehead atoms. The first-order chi connectivity index (χ1) is 12.1. The van der Waals surface area contributed by atoms with Crippen molar-refractivity contribution >= 4 is 28.7 Å². The van der Waals surface area contributed by atoms with Gasteiger partial charge in [0.25, 0.3) is 0 Å². The number of nitrogens with two attached hydrogens (primary N) is 1. The summed E-state index contributed by atoms with van der Waals surface area (Å²) in [6.07, 6.45) is 7.21. The van der Waals surface area contributed by atoms with Crippen molar-refractivity contribution in [2.45, 2.75) is 0 Å². The van der Waals surface area contributed by atoms with Crippen LogP contribution in [-0.2, 0) is 0 Å². The number of rotatable bonds is 5. The molecule has 0 radical (unpaired) electrons. The van der Waals surface area contributed by atoms with E-state index in [0.29, 0.717) is 5.56 Å². The van der Waals surface area contributed by atoms with Gasteiger partial charge in [0, 0.05) is 24.5 Å². The molecule has 0 aliphatic carbocycles. The highest BCUT2D eigenvalue weighted by molar-refractivity contribution is 5.93. The van der Waals surface area contributed by atoms with Gasteiger partial charge in [0.15, 0.2) is 0 Å². The van der Waals surface area contributed by atoms with E-state index in [1.165, 1.54) is 0 Å². The van der Waals surface area contributed by atoms with Crippen molar-refractivity contribution in [2.75, 3.05) is 7.05 Å². The van der Waals surface area contributed by atoms with E-state index in [2.05, 4.69) is 22.6 Å². The molecule has 5 nitrogen and oxygen atoms in total. The number of primary amides is 1. The smallest absolute Gasteiger partial charge is 0.248 e. The largest absolute Gasteiger partial charge is 0.366 e. The van der Waals surface area contributed by atoms with E-state index in [-0.39, 0.29) is 0 Å². The van der Waals surface area contributed by atoms with E-state index in [1.807, 2.05) is 34.9 Å². The molecule has 1 aromatic heterocycles. The van der Waals surface area contributed by atoms with Crippen molar-refractivity contribution in [3.63, 3.8) is 0 Å². The number of hydrogen-bond acceptors (Lipinski definition) is 3. The number of imidazole rings is 1. The van der Waals surface area contributed by atoms with Gasteiger partial charge in [-0.2, -0.15) is 0 Å². The minimum atomic E-state index is -0.442. The van der Waals surface area contributed by atoms with Crippen molar-refractivity contribution in [1.29, 1.82) is 0 Å². The molecule has 0 aliphatic rings. The van der Waals surface area contributed by atoms with Gasteiger partial charge in [-0.05, 0) is 53.6 Å². The quantitative estimate of drug-likeness (QED) is 0.575. The second-order valence-electron chi connectivity index (χ2n) is 5.46. The Balaban J connectivity index is 2.09. The maximum absolute atomic E-state index is 11.2. The number of carbonyl (C=O) groups is 1. The van der Waals surface area contributed by atoms with Crippen LogP contribution in [0.5, 0.6) is 0 Å². The van der Waals surface area contributed by atoms with Crippen LogP contribution in [0, 0.1) is 0 Å². The number of carbonyl (C=O) groups excluding carboxylic acids is 1. The number of aliphatic imine (C=N–C) groups is 1. The van der Waals surface area contributed by atoms with Crippen molar-refractivity contribution in [2.24, 2.45) is 10.7 Å². The SMILES string of the molecule is C=C/C(=C\C=N/C)c1ccc2ncn(-c3ccc(C(N)=O)cc3)c2c1. The number of hydrogen-bond donors (Lipinski definition) is 1. The first-order valence-corrected chi connectivity index (χ1v) is 7.76. The van der Waals surface area contributed by atoms with Gasteiger partial charge in [-0.3, -0.25) is 14.4 Å². The summed E-state index contributed by atoms with van der Waals surface area (Å²) in [5.74, 6) is -0.442. The van der Waals surface area contributed by atoms with E-state index in [1.54, 1.807) is 37.8 Å². The first-order valence-electron chi connectivity index (χ1n) is 7.76. The molecule has 1 heterocycles. The van der Waals surface area contributed by atoms with E-state index in [4.69, 9.17) is 5.73 Å². The van der Waals surface area contributed by atoms with Gasteiger partial charge < -0.3 is 5.73 Å². The molecule has 5 heteroatoms. The fraction of sp³-hybridized carbons (Fsp3) is 0.0500. The maximum Gasteiger partial charge on any atom is 0.248 e. The zero-order valence-corrected chi connectivity index (χ0v) is 13.9. The molecule has 25 heavy (non-hydrogen) atoms. The zero-order valence-electron chi connectivity index (χ0n) is 13.9. The van der Waals surface area contributed by atoms with Crippen LogP contribution in [0.2, 0.25) is 0 Å². The van der Waals surface area contributed by atoms with Crippen molar-refractivity contribution in [1.82, 2.24) is 9.55 Å². The Hall–Kier alpha value is -3.47. The number of nitrogens with zero attached hydrogens (tertiary/aromatic N) is 3. The Morgan fingerprint density at radius 2 is 1.92 bits per heavy atom. The van der Waals surface area contributed by atoms with Gasteiger partial charge in [0.05, 0.1) is 11.0 Å². The molecule has 0 saturated carbocycles. The summed E-state index contributed by atoms with van der Waals surface area (Å²) in [5.41, 5.74) is 10.5. The average molecular weight is 330 g/mol. The van der Waals surface area contributed by atoms with Gasteiger partial charge >= 0.3 is 0 Å². The topological polar surface area (TPSA) is 73.3 Å². The van der Waals surface area contributed by atoms with Crippen LogP contribution in [0.1, 0.15) is 15.9 Å². The molecule has 2 N–H and O–H groups in total. The monoisotopic (exact) mass is 330 g/mol. The zero-order chi connectivity index (χ0) is 17.8. The van der Waals surface area contributed by atoms with Crippen LogP contribution in [0.3, 0.4) is 0 Å². The normalized spacial score (nSPS) is 12.0. The molecule has 0 atom stereocenters. The fourth-order valence-corrected chi connectivity index (χ4v) is 2.62. The minimum absolute atomic E-state index is 0.442. The lowest BCUT2D eigenvalue weighted by Crippen LogP contribution is -2.10. The number of fused-ring (bicyclic) bond motifs is 1. The Morgan fingerprint density at radius 3 is 2.56 bits per heavy atom. The lowest BCUT2D eigenvalue weighted by molar-refractivity contribution is 0.100. The van der Waals surface area contributed by atoms with Crippen molar-refractivity contribution < 1.29 is 4.79 Å². The number of amides is 1. The van der Waals surface area contributed by atoms with E-state index in [0.717, 1.165) is 27.9 Å². The lowest BCUT2D eigenvalue weighted by Gasteiger charge is -2.07. The van der Waals surface area contributed by atoms with Gasteiger partial charge in [0.1, 0.15) is 6.33 Å². The van der Waals surface area contributed by atoms with Crippen LogP contribution in [0.15, 0.2) is 72.5 Å². The Kier molecular flexibility index (Phi) is 4.57.